The van der Waals surface area contributed by atoms with Gasteiger partial charge in [-0.2, -0.15) is 0 Å². The number of unbranched alkanes of at least 4 members (excludes halogenated alkanes) is 1. The second kappa shape index (κ2) is 5.18. The minimum Gasteiger partial charge on any atom is -0.411 e. The van der Waals surface area contributed by atoms with E-state index in [-0.39, 0.29) is 0 Å². The molecule has 0 aromatic heterocycles. The second-order valence-electron chi connectivity index (χ2n) is 3.68. The van der Waals surface area contributed by atoms with Gasteiger partial charge in [0.1, 0.15) is 0 Å². The van der Waals surface area contributed by atoms with Gasteiger partial charge in [-0.25, -0.2) is 0 Å². The van der Waals surface area contributed by atoms with Crippen LogP contribution < -0.4 is 0 Å². The highest BCUT2D eigenvalue weighted by Crippen LogP contribution is 2.25. The van der Waals surface area contributed by atoms with Gasteiger partial charge in [0.25, 0.3) is 0 Å². The molecule has 1 rings (SSSR count). The number of oxime groups is 1. The van der Waals surface area contributed by atoms with Crippen molar-refractivity contribution in [2.45, 2.75) is 51.9 Å². The first-order valence-corrected chi connectivity index (χ1v) is 5.09. The Morgan fingerprint density at radius 1 is 1.50 bits per heavy atom. The highest BCUT2D eigenvalue weighted by Gasteiger charge is 2.19. The molecule has 0 amide bonds. The fourth-order valence-electron chi connectivity index (χ4n) is 1.96. The van der Waals surface area contributed by atoms with Crippen molar-refractivity contribution in [3.05, 3.63) is 0 Å². The van der Waals surface area contributed by atoms with Gasteiger partial charge in [-0.3, -0.25) is 0 Å². The number of nitrogens with zero attached hydrogens (tertiary/aromatic N) is 1. The average Bonchev–Trinajstić information content (AvgIpc) is 2.15. The zero-order valence-electron chi connectivity index (χ0n) is 7.92. The normalized spacial score (nSPS) is 27.8. The van der Waals surface area contributed by atoms with Gasteiger partial charge in [0, 0.05) is 5.92 Å². The summed E-state index contributed by atoms with van der Waals surface area (Å²) in [5.74, 6) is 0.587. The molecule has 1 fully saturated rings. The Hall–Kier alpha value is -0.530. The zero-order chi connectivity index (χ0) is 8.81. The minimum absolute atomic E-state index is 0.587. The van der Waals surface area contributed by atoms with Crippen LogP contribution in [0.15, 0.2) is 5.16 Å². The van der Waals surface area contributed by atoms with Gasteiger partial charge < -0.3 is 5.21 Å². The summed E-state index contributed by atoms with van der Waals surface area (Å²) in [6, 6.07) is 0. The van der Waals surface area contributed by atoms with Crippen molar-refractivity contribution in [3.63, 3.8) is 0 Å². The molecule has 1 saturated carbocycles. The Kier molecular flexibility index (Phi) is 4.12. The predicted molar refractivity (Wildman–Crippen MR) is 50.7 cm³/mol. The Labute approximate surface area is 74.7 Å². The summed E-state index contributed by atoms with van der Waals surface area (Å²) < 4.78 is 0. The lowest BCUT2D eigenvalue weighted by molar-refractivity contribution is 0.307. The van der Waals surface area contributed by atoms with Crippen LogP contribution in [0.25, 0.3) is 0 Å². The summed E-state index contributed by atoms with van der Waals surface area (Å²) >= 11 is 0. The highest BCUT2D eigenvalue weighted by atomic mass is 16.4. The average molecular weight is 169 g/mol. The van der Waals surface area contributed by atoms with E-state index in [1.807, 2.05) is 0 Å². The molecule has 1 aliphatic rings. The van der Waals surface area contributed by atoms with E-state index < -0.39 is 0 Å². The third-order valence-electron chi connectivity index (χ3n) is 2.74. The molecule has 0 radical (unpaired) electrons. The van der Waals surface area contributed by atoms with Crippen LogP contribution in [0.3, 0.4) is 0 Å². The Morgan fingerprint density at radius 3 is 3.00 bits per heavy atom. The molecule has 1 atom stereocenters. The molecule has 1 aliphatic carbocycles. The summed E-state index contributed by atoms with van der Waals surface area (Å²) in [5, 5.41) is 12.1. The SMILES string of the molecule is CCCCC1CCCCC1=NO. The van der Waals surface area contributed by atoms with Gasteiger partial charge in [0.05, 0.1) is 5.71 Å². The van der Waals surface area contributed by atoms with E-state index in [0.717, 1.165) is 12.1 Å². The van der Waals surface area contributed by atoms with Crippen LogP contribution in [-0.4, -0.2) is 10.9 Å². The number of hydrogen-bond acceptors (Lipinski definition) is 2. The number of hydrogen-bond donors (Lipinski definition) is 1. The summed E-state index contributed by atoms with van der Waals surface area (Å²) in [4.78, 5) is 0. The summed E-state index contributed by atoms with van der Waals surface area (Å²) in [6.07, 6.45) is 8.51. The molecule has 1 N–H and O–H groups in total. The maximum Gasteiger partial charge on any atom is 0.0601 e. The fourth-order valence-corrected chi connectivity index (χ4v) is 1.96. The van der Waals surface area contributed by atoms with Gasteiger partial charge in [0.15, 0.2) is 0 Å². The lowest BCUT2D eigenvalue weighted by Gasteiger charge is -2.22. The van der Waals surface area contributed by atoms with E-state index in [1.165, 1.54) is 38.5 Å². The first-order valence-electron chi connectivity index (χ1n) is 5.09. The number of rotatable bonds is 3. The molecule has 2 heteroatoms. The van der Waals surface area contributed by atoms with Crippen molar-refractivity contribution < 1.29 is 5.21 Å². The van der Waals surface area contributed by atoms with Gasteiger partial charge >= 0.3 is 0 Å². The smallest absolute Gasteiger partial charge is 0.0601 e. The van der Waals surface area contributed by atoms with Gasteiger partial charge in [0.2, 0.25) is 0 Å². The third kappa shape index (κ3) is 2.50. The summed E-state index contributed by atoms with van der Waals surface area (Å²) in [6.45, 7) is 2.21. The molecule has 0 saturated heterocycles. The molecular weight excluding hydrogens is 150 g/mol. The Morgan fingerprint density at radius 2 is 2.33 bits per heavy atom. The third-order valence-corrected chi connectivity index (χ3v) is 2.74. The van der Waals surface area contributed by atoms with Crippen molar-refractivity contribution >= 4 is 5.71 Å². The Balaban J connectivity index is 2.37. The second-order valence-corrected chi connectivity index (χ2v) is 3.68. The largest absolute Gasteiger partial charge is 0.411 e. The minimum atomic E-state index is 0.587. The molecule has 12 heavy (non-hydrogen) atoms. The first-order chi connectivity index (χ1) is 5.88. The quantitative estimate of drug-likeness (QED) is 0.510. The standard InChI is InChI=1S/C10H19NO/c1-2-3-6-9-7-4-5-8-10(9)11-12/h9,12H,2-8H2,1H3. The van der Waals surface area contributed by atoms with Crippen LogP contribution in [0.4, 0.5) is 0 Å². The van der Waals surface area contributed by atoms with E-state index in [2.05, 4.69) is 12.1 Å². The van der Waals surface area contributed by atoms with Crippen LogP contribution in [0.1, 0.15) is 51.9 Å². The van der Waals surface area contributed by atoms with Crippen molar-refractivity contribution in [2.24, 2.45) is 11.1 Å². The predicted octanol–water partition coefficient (Wildman–Crippen LogP) is 3.20. The van der Waals surface area contributed by atoms with Crippen molar-refractivity contribution in [1.82, 2.24) is 0 Å². The topological polar surface area (TPSA) is 32.6 Å². The fraction of sp³-hybridized carbons (Fsp3) is 0.900. The lowest BCUT2D eigenvalue weighted by Crippen LogP contribution is -2.19. The van der Waals surface area contributed by atoms with E-state index >= 15 is 0 Å². The van der Waals surface area contributed by atoms with Crippen molar-refractivity contribution in [3.8, 4) is 0 Å². The molecule has 0 aliphatic heterocycles. The Bertz CT molecular complexity index is 154. The van der Waals surface area contributed by atoms with Gasteiger partial charge in [-0.15, -0.1) is 0 Å². The van der Waals surface area contributed by atoms with E-state index in [1.54, 1.807) is 0 Å². The molecule has 0 aromatic carbocycles. The van der Waals surface area contributed by atoms with Crippen molar-refractivity contribution in [1.29, 1.82) is 0 Å². The molecule has 0 aromatic rings. The van der Waals surface area contributed by atoms with Crippen LogP contribution in [-0.2, 0) is 0 Å². The monoisotopic (exact) mass is 169 g/mol. The summed E-state index contributed by atoms with van der Waals surface area (Å²) in [7, 11) is 0. The summed E-state index contributed by atoms with van der Waals surface area (Å²) in [5.41, 5.74) is 1.05. The molecule has 0 bridgehead atoms. The molecule has 2 nitrogen and oxygen atoms in total. The van der Waals surface area contributed by atoms with Crippen LogP contribution in [0.2, 0.25) is 0 Å². The molecule has 0 spiro atoms. The van der Waals surface area contributed by atoms with Crippen LogP contribution >= 0.6 is 0 Å². The van der Waals surface area contributed by atoms with E-state index in [9.17, 15) is 0 Å². The highest BCUT2D eigenvalue weighted by molar-refractivity contribution is 5.86. The van der Waals surface area contributed by atoms with Crippen molar-refractivity contribution in [2.75, 3.05) is 0 Å². The van der Waals surface area contributed by atoms with Crippen LogP contribution in [0.5, 0.6) is 0 Å². The maximum atomic E-state index is 8.75. The van der Waals surface area contributed by atoms with Gasteiger partial charge in [-0.1, -0.05) is 31.3 Å². The molecule has 1 unspecified atom stereocenters. The molecule has 0 heterocycles. The van der Waals surface area contributed by atoms with E-state index in [4.69, 9.17) is 5.21 Å². The van der Waals surface area contributed by atoms with Gasteiger partial charge in [-0.05, 0) is 25.7 Å². The molecular formula is C10H19NO. The maximum absolute atomic E-state index is 8.75. The lowest BCUT2D eigenvalue weighted by atomic mass is 9.84. The van der Waals surface area contributed by atoms with E-state index in [0.29, 0.717) is 5.92 Å². The first kappa shape index (κ1) is 9.56. The molecule has 70 valence electrons. The zero-order valence-corrected chi connectivity index (χ0v) is 7.92. The van der Waals surface area contributed by atoms with Crippen LogP contribution in [0, 0.1) is 5.92 Å².